The molecule has 0 amide bonds. The molecule has 8 heteroatoms. The summed E-state index contributed by atoms with van der Waals surface area (Å²) in [5.41, 5.74) is 5.80. The van der Waals surface area contributed by atoms with Crippen molar-refractivity contribution >= 4 is 21.9 Å². The van der Waals surface area contributed by atoms with E-state index in [4.69, 9.17) is 5.73 Å². The van der Waals surface area contributed by atoms with Gasteiger partial charge in [-0.1, -0.05) is 0 Å². The molecule has 0 bridgehead atoms. The maximum absolute atomic E-state index is 10.9. The van der Waals surface area contributed by atoms with Gasteiger partial charge in [-0.2, -0.15) is 13.5 Å². The van der Waals surface area contributed by atoms with Crippen molar-refractivity contribution in [3.8, 4) is 0 Å². The van der Waals surface area contributed by atoms with Crippen molar-refractivity contribution in [2.75, 3.05) is 4.72 Å². The molecule has 1 aliphatic heterocycles. The minimum absolute atomic E-state index is 0.0579. The fraction of sp³-hybridized carbons (Fsp3) is 0. The molecule has 64 valence electrons. The van der Waals surface area contributed by atoms with Gasteiger partial charge in [-0.3, -0.25) is 5.10 Å². The number of anilines is 1. The maximum Gasteiger partial charge on any atom is 0.345 e. The first-order valence-electron chi connectivity index (χ1n) is 3.01. The molecule has 1 aromatic rings. The second-order valence-corrected chi connectivity index (χ2v) is 3.54. The van der Waals surface area contributed by atoms with E-state index in [0.717, 1.165) is 0 Å². The average molecular weight is 187 g/mol. The summed E-state index contributed by atoms with van der Waals surface area (Å²) in [4.78, 5) is 0. The number of rotatable bonds is 0. The Morgan fingerprint density at radius 3 is 3.00 bits per heavy atom. The molecule has 0 radical (unpaired) electrons. The van der Waals surface area contributed by atoms with Crippen LogP contribution in [0.2, 0.25) is 0 Å². The standard InChI is InChI=1S/C4H5N5O2S/c5-3-2-1-6-7-4(2)9-12(10,11)8-3/h1H,(H2,5,8)(H2,6,7,9). The summed E-state index contributed by atoms with van der Waals surface area (Å²) >= 11 is 0. The quantitative estimate of drug-likeness (QED) is 0.472. The van der Waals surface area contributed by atoms with Crippen LogP contribution in [0.3, 0.4) is 0 Å². The van der Waals surface area contributed by atoms with Crippen molar-refractivity contribution in [2.24, 2.45) is 10.1 Å². The molecule has 0 unspecified atom stereocenters. The van der Waals surface area contributed by atoms with Gasteiger partial charge in [0.15, 0.2) is 11.7 Å². The zero-order valence-electron chi connectivity index (χ0n) is 5.77. The number of nitrogens with two attached hydrogens (primary N) is 1. The molecule has 0 atom stereocenters. The van der Waals surface area contributed by atoms with E-state index in [2.05, 4.69) is 19.3 Å². The van der Waals surface area contributed by atoms with Crippen LogP contribution in [0.15, 0.2) is 10.6 Å². The molecule has 2 heterocycles. The highest BCUT2D eigenvalue weighted by Crippen LogP contribution is 2.17. The SMILES string of the molecule is NC1=NS(=O)(=O)Nc2n[nH]cc21. The lowest BCUT2D eigenvalue weighted by molar-refractivity contribution is 0.602. The van der Waals surface area contributed by atoms with Crippen molar-refractivity contribution in [3.05, 3.63) is 11.8 Å². The van der Waals surface area contributed by atoms with Crippen LogP contribution in [0.5, 0.6) is 0 Å². The zero-order chi connectivity index (χ0) is 8.77. The molecular weight excluding hydrogens is 182 g/mol. The largest absolute Gasteiger partial charge is 0.382 e. The first-order valence-corrected chi connectivity index (χ1v) is 4.45. The Bertz CT molecular complexity index is 444. The summed E-state index contributed by atoms with van der Waals surface area (Å²) in [5, 5.41) is 6.10. The zero-order valence-corrected chi connectivity index (χ0v) is 6.59. The molecule has 0 spiro atoms. The van der Waals surface area contributed by atoms with Gasteiger partial charge >= 0.3 is 10.2 Å². The van der Waals surface area contributed by atoms with Crippen LogP contribution in [0.4, 0.5) is 5.82 Å². The van der Waals surface area contributed by atoms with E-state index in [-0.39, 0.29) is 11.7 Å². The minimum atomic E-state index is -3.68. The Hall–Kier alpha value is -1.57. The summed E-state index contributed by atoms with van der Waals surface area (Å²) in [6.45, 7) is 0. The van der Waals surface area contributed by atoms with Gasteiger partial charge in [0.05, 0.1) is 5.56 Å². The van der Waals surface area contributed by atoms with E-state index in [9.17, 15) is 8.42 Å². The summed E-state index contributed by atoms with van der Waals surface area (Å²) < 4.78 is 27.1. The van der Waals surface area contributed by atoms with E-state index < -0.39 is 10.2 Å². The fourth-order valence-electron chi connectivity index (χ4n) is 0.887. The van der Waals surface area contributed by atoms with E-state index >= 15 is 0 Å². The topological polar surface area (TPSA) is 113 Å². The number of hydrogen-bond donors (Lipinski definition) is 3. The number of aromatic amines is 1. The molecule has 0 saturated carbocycles. The molecule has 1 aromatic heterocycles. The summed E-state index contributed by atoms with van der Waals surface area (Å²) in [6.07, 6.45) is 1.47. The third-order valence-electron chi connectivity index (χ3n) is 1.36. The molecule has 7 nitrogen and oxygen atoms in total. The minimum Gasteiger partial charge on any atom is -0.382 e. The Morgan fingerprint density at radius 2 is 2.25 bits per heavy atom. The number of nitrogens with one attached hydrogen (secondary N) is 2. The van der Waals surface area contributed by atoms with E-state index in [1.807, 2.05) is 0 Å². The van der Waals surface area contributed by atoms with Gasteiger partial charge in [-0.15, -0.1) is 4.40 Å². The summed E-state index contributed by atoms with van der Waals surface area (Å²) in [6, 6.07) is 0. The molecular formula is C4H5N5O2S. The highest BCUT2D eigenvalue weighted by atomic mass is 32.2. The third-order valence-corrected chi connectivity index (χ3v) is 2.25. The second kappa shape index (κ2) is 1.97. The number of fused-ring (bicyclic) bond motifs is 1. The maximum atomic E-state index is 10.9. The number of nitrogens with zero attached hydrogens (tertiary/aromatic N) is 2. The van der Waals surface area contributed by atoms with Crippen molar-refractivity contribution in [1.29, 1.82) is 0 Å². The lowest BCUT2D eigenvalue weighted by atomic mass is 10.3. The summed E-state index contributed by atoms with van der Waals surface area (Å²) in [5.74, 6) is 0.125. The monoisotopic (exact) mass is 187 g/mol. The smallest absolute Gasteiger partial charge is 0.345 e. The van der Waals surface area contributed by atoms with E-state index in [1.165, 1.54) is 6.20 Å². The number of amidine groups is 1. The van der Waals surface area contributed by atoms with Gasteiger partial charge in [-0.25, -0.2) is 4.72 Å². The lowest BCUT2D eigenvalue weighted by Crippen LogP contribution is -2.25. The van der Waals surface area contributed by atoms with Crippen LogP contribution in [-0.4, -0.2) is 24.5 Å². The predicted molar refractivity (Wildman–Crippen MR) is 41.9 cm³/mol. The number of hydrogen-bond acceptors (Lipinski definition) is 4. The van der Waals surface area contributed by atoms with E-state index in [0.29, 0.717) is 5.56 Å². The van der Waals surface area contributed by atoms with Crippen LogP contribution < -0.4 is 10.5 Å². The van der Waals surface area contributed by atoms with Gasteiger partial charge in [0.1, 0.15) is 0 Å². The van der Waals surface area contributed by atoms with Gasteiger partial charge in [0, 0.05) is 6.20 Å². The van der Waals surface area contributed by atoms with Crippen molar-refractivity contribution < 1.29 is 8.42 Å². The molecule has 1 aliphatic rings. The third kappa shape index (κ3) is 0.925. The van der Waals surface area contributed by atoms with Crippen LogP contribution in [0.1, 0.15) is 5.56 Å². The molecule has 0 aliphatic carbocycles. The first-order chi connectivity index (χ1) is 5.58. The first kappa shape index (κ1) is 7.10. The van der Waals surface area contributed by atoms with Crippen LogP contribution >= 0.6 is 0 Å². The number of H-pyrrole nitrogens is 1. The van der Waals surface area contributed by atoms with Crippen molar-refractivity contribution in [3.63, 3.8) is 0 Å². The predicted octanol–water partition coefficient (Wildman–Crippen LogP) is -1.21. The van der Waals surface area contributed by atoms with Crippen LogP contribution in [0.25, 0.3) is 0 Å². The van der Waals surface area contributed by atoms with Gasteiger partial charge < -0.3 is 5.73 Å². The van der Waals surface area contributed by atoms with E-state index in [1.54, 1.807) is 0 Å². The molecule has 0 fully saturated rings. The van der Waals surface area contributed by atoms with Gasteiger partial charge in [-0.05, 0) is 0 Å². The highest BCUT2D eigenvalue weighted by molar-refractivity contribution is 7.91. The van der Waals surface area contributed by atoms with Crippen LogP contribution in [0, 0.1) is 0 Å². The van der Waals surface area contributed by atoms with Crippen LogP contribution in [-0.2, 0) is 10.2 Å². The molecule has 0 saturated heterocycles. The Kier molecular flexibility index (Phi) is 1.17. The number of aromatic nitrogens is 2. The van der Waals surface area contributed by atoms with Gasteiger partial charge in [0.2, 0.25) is 0 Å². The molecule has 0 aromatic carbocycles. The Balaban J connectivity index is 2.67. The fourth-order valence-corrected chi connectivity index (χ4v) is 1.69. The molecule has 2 rings (SSSR count). The lowest BCUT2D eigenvalue weighted by Gasteiger charge is -2.08. The normalized spacial score (nSPS) is 19.2. The van der Waals surface area contributed by atoms with Crippen molar-refractivity contribution in [1.82, 2.24) is 10.2 Å². The second-order valence-electron chi connectivity index (χ2n) is 2.20. The summed E-state index contributed by atoms with van der Waals surface area (Å²) in [7, 11) is -3.68. The average Bonchev–Trinajstić information content (AvgIpc) is 2.31. The Labute approximate surface area is 67.9 Å². The van der Waals surface area contributed by atoms with Crippen molar-refractivity contribution in [2.45, 2.75) is 0 Å². The highest BCUT2D eigenvalue weighted by Gasteiger charge is 2.22. The Morgan fingerprint density at radius 1 is 1.50 bits per heavy atom. The molecule has 4 N–H and O–H groups in total. The molecule has 12 heavy (non-hydrogen) atoms. The van der Waals surface area contributed by atoms with Gasteiger partial charge in [0.25, 0.3) is 0 Å².